The summed E-state index contributed by atoms with van der Waals surface area (Å²) < 4.78 is 5.83. The first-order valence-electron chi connectivity index (χ1n) is 7.08. The van der Waals surface area contributed by atoms with Crippen molar-refractivity contribution in [1.82, 2.24) is 0 Å². The number of aromatic carboxylic acids is 1. The predicted octanol–water partition coefficient (Wildman–Crippen LogP) is 2.86. The molecule has 2 saturated heterocycles. The van der Waals surface area contributed by atoms with Crippen LogP contribution in [0.2, 0.25) is 0 Å². The molecule has 2 heterocycles. The third kappa shape index (κ3) is 2.52. The van der Waals surface area contributed by atoms with Gasteiger partial charge in [-0.3, -0.25) is 0 Å². The van der Waals surface area contributed by atoms with Crippen LogP contribution in [0.1, 0.15) is 30.1 Å². The molecular formula is C15H19NO3S. The Morgan fingerprint density at radius 2 is 2.10 bits per heavy atom. The number of carboxylic acid groups (broad SMARTS) is 1. The van der Waals surface area contributed by atoms with E-state index in [1.54, 1.807) is 11.8 Å². The predicted molar refractivity (Wildman–Crippen MR) is 79.9 cm³/mol. The van der Waals surface area contributed by atoms with Crippen molar-refractivity contribution in [3.05, 3.63) is 23.8 Å². The number of anilines is 1. The van der Waals surface area contributed by atoms with E-state index in [2.05, 4.69) is 4.90 Å². The van der Waals surface area contributed by atoms with Crippen LogP contribution in [0.3, 0.4) is 0 Å². The number of fused-ring (bicyclic) bond motifs is 2. The Morgan fingerprint density at radius 3 is 2.70 bits per heavy atom. The second kappa shape index (κ2) is 5.66. The Kier molecular flexibility index (Phi) is 3.89. The summed E-state index contributed by atoms with van der Waals surface area (Å²) in [7, 11) is 0. The van der Waals surface area contributed by atoms with Crippen molar-refractivity contribution in [2.75, 3.05) is 23.7 Å². The highest BCUT2D eigenvalue weighted by molar-refractivity contribution is 7.99. The van der Waals surface area contributed by atoms with Crippen molar-refractivity contribution in [2.45, 2.75) is 36.9 Å². The maximum absolute atomic E-state index is 11.7. The van der Waals surface area contributed by atoms with Gasteiger partial charge in [0, 0.05) is 18.0 Å². The number of carbonyl (C=O) groups is 1. The molecule has 2 fully saturated rings. The van der Waals surface area contributed by atoms with Gasteiger partial charge in [0.2, 0.25) is 0 Å². The minimum absolute atomic E-state index is 0.262. The number of thioether (sulfide) groups is 1. The number of benzene rings is 1. The summed E-state index contributed by atoms with van der Waals surface area (Å²) in [6, 6.07) is 5.78. The number of hydrogen-bond acceptors (Lipinski definition) is 4. The van der Waals surface area contributed by atoms with Gasteiger partial charge in [-0.25, -0.2) is 4.79 Å². The summed E-state index contributed by atoms with van der Waals surface area (Å²) in [5.41, 5.74) is 1.29. The van der Waals surface area contributed by atoms with E-state index in [1.807, 2.05) is 25.1 Å². The Bertz CT molecular complexity index is 508. The minimum atomic E-state index is -0.838. The van der Waals surface area contributed by atoms with Gasteiger partial charge in [-0.15, -0.1) is 11.8 Å². The molecule has 20 heavy (non-hydrogen) atoms. The topological polar surface area (TPSA) is 49.8 Å². The van der Waals surface area contributed by atoms with Crippen molar-refractivity contribution < 1.29 is 14.6 Å². The first-order valence-corrected chi connectivity index (χ1v) is 8.07. The van der Waals surface area contributed by atoms with Crippen molar-refractivity contribution in [2.24, 2.45) is 0 Å². The van der Waals surface area contributed by atoms with Gasteiger partial charge in [0.15, 0.2) is 0 Å². The Balaban J connectivity index is 1.96. The second-order valence-electron chi connectivity index (χ2n) is 5.25. The third-order valence-electron chi connectivity index (χ3n) is 3.90. The van der Waals surface area contributed by atoms with Gasteiger partial charge in [0.1, 0.15) is 0 Å². The molecule has 0 saturated carbocycles. The number of rotatable bonds is 4. The fourth-order valence-electron chi connectivity index (χ4n) is 3.09. The normalized spacial score (nSPS) is 24.9. The van der Waals surface area contributed by atoms with Crippen molar-refractivity contribution in [1.29, 1.82) is 0 Å². The van der Waals surface area contributed by atoms with Gasteiger partial charge in [-0.2, -0.15) is 0 Å². The molecule has 1 N–H and O–H groups in total. The van der Waals surface area contributed by atoms with E-state index < -0.39 is 5.97 Å². The lowest BCUT2D eigenvalue weighted by atomic mass is 10.1. The minimum Gasteiger partial charge on any atom is -0.478 e. The number of carboxylic acids is 1. The molecule has 3 rings (SSSR count). The zero-order valence-corrected chi connectivity index (χ0v) is 12.4. The van der Waals surface area contributed by atoms with Crippen LogP contribution in [0, 0.1) is 0 Å². The monoisotopic (exact) mass is 293 g/mol. The molecule has 1 aromatic carbocycles. The quantitative estimate of drug-likeness (QED) is 0.865. The molecule has 2 aliphatic rings. The summed E-state index contributed by atoms with van der Waals surface area (Å²) in [4.78, 5) is 14.7. The highest BCUT2D eigenvalue weighted by atomic mass is 32.2. The van der Waals surface area contributed by atoms with Crippen LogP contribution in [0.15, 0.2) is 23.1 Å². The smallest absolute Gasteiger partial charge is 0.338 e. The van der Waals surface area contributed by atoms with E-state index in [1.165, 1.54) is 0 Å². The van der Waals surface area contributed by atoms with E-state index in [0.717, 1.165) is 42.3 Å². The van der Waals surface area contributed by atoms with Crippen molar-refractivity contribution in [3.63, 3.8) is 0 Å². The van der Waals surface area contributed by atoms with Gasteiger partial charge in [-0.05, 0) is 30.7 Å². The van der Waals surface area contributed by atoms with Crippen LogP contribution < -0.4 is 4.90 Å². The average Bonchev–Trinajstić information content (AvgIpc) is 2.77. The molecule has 1 aromatic rings. The largest absolute Gasteiger partial charge is 0.478 e. The molecule has 2 atom stereocenters. The summed E-state index contributed by atoms with van der Waals surface area (Å²) in [5.74, 6) is 0.0355. The number of morpholine rings is 1. The number of ether oxygens (including phenoxy) is 1. The van der Waals surface area contributed by atoms with E-state index in [4.69, 9.17) is 4.74 Å². The van der Waals surface area contributed by atoms with Gasteiger partial charge < -0.3 is 14.7 Å². The van der Waals surface area contributed by atoms with Crippen molar-refractivity contribution >= 4 is 23.4 Å². The lowest BCUT2D eigenvalue weighted by molar-refractivity contribution is 0.0303. The third-order valence-corrected chi connectivity index (χ3v) is 4.84. The lowest BCUT2D eigenvalue weighted by Crippen LogP contribution is -2.43. The average molecular weight is 293 g/mol. The molecule has 0 radical (unpaired) electrons. The Morgan fingerprint density at radius 1 is 1.40 bits per heavy atom. The maximum atomic E-state index is 11.7. The highest BCUT2D eigenvalue weighted by Crippen LogP contribution is 2.35. The summed E-state index contributed by atoms with van der Waals surface area (Å²) in [6.07, 6.45) is 2.70. The fourth-order valence-corrected chi connectivity index (χ4v) is 3.91. The van der Waals surface area contributed by atoms with Crippen LogP contribution in [-0.2, 0) is 4.74 Å². The molecule has 5 heteroatoms. The summed E-state index contributed by atoms with van der Waals surface area (Å²) in [6.45, 7) is 3.64. The molecule has 2 unspecified atom stereocenters. The molecule has 0 aromatic heterocycles. The molecule has 0 aliphatic carbocycles. The van der Waals surface area contributed by atoms with Crippen LogP contribution in [0.25, 0.3) is 0 Å². The van der Waals surface area contributed by atoms with E-state index >= 15 is 0 Å². The molecule has 108 valence electrons. The highest BCUT2D eigenvalue weighted by Gasteiger charge is 2.35. The number of hydrogen-bond donors (Lipinski definition) is 1. The molecular weight excluding hydrogens is 274 g/mol. The van der Waals surface area contributed by atoms with Gasteiger partial charge >= 0.3 is 5.97 Å². The fraction of sp³-hybridized carbons (Fsp3) is 0.533. The molecule has 0 amide bonds. The first kappa shape index (κ1) is 13.8. The van der Waals surface area contributed by atoms with Gasteiger partial charge in [0.05, 0.1) is 23.5 Å². The van der Waals surface area contributed by atoms with Crippen molar-refractivity contribution in [3.8, 4) is 0 Å². The zero-order valence-electron chi connectivity index (χ0n) is 11.5. The number of nitrogens with zero attached hydrogens (tertiary/aromatic N) is 1. The van der Waals surface area contributed by atoms with E-state index in [0.29, 0.717) is 5.56 Å². The molecule has 2 aliphatic heterocycles. The molecule has 2 bridgehead atoms. The standard InChI is InChI=1S/C15H19NO3S/c1-2-20-13-5-3-4-12(14(13)15(17)18)16-8-10-6-7-11(9-16)19-10/h3-5,10-11H,2,6-9H2,1H3,(H,17,18). The van der Waals surface area contributed by atoms with Gasteiger partial charge in [0.25, 0.3) is 0 Å². The lowest BCUT2D eigenvalue weighted by Gasteiger charge is -2.34. The second-order valence-corrected chi connectivity index (χ2v) is 6.56. The van der Waals surface area contributed by atoms with Crippen LogP contribution in [-0.4, -0.2) is 42.1 Å². The summed E-state index contributed by atoms with van der Waals surface area (Å²) >= 11 is 1.59. The first-order chi connectivity index (χ1) is 9.69. The SMILES string of the molecule is CCSc1cccc(N2CC3CCC(C2)O3)c1C(=O)O. The van der Waals surface area contributed by atoms with Crippen LogP contribution in [0.4, 0.5) is 5.69 Å². The maximum Gasteiger partial charge on any atom is 0.338 e. The summed E-state index contributed by atoms with van der Waals surface area (Å²) in [5, 5.41) is 9.58. The Hall–Kier alpha value is -1.20. The van der Waals surface area contributed by atoms with Crippen LogP contribution in [0.5, 0.6) is 0 Å². The zero-order chi connectivity index (χ0) is 14.1. The van der Waals surface area contributed by atoms with Crippen LogP contribution >= 0.6 is 11.8 Å². The van der Waals surface area contributed by atoms with E-state index in [9.17, 15) is 9.90 Å². The molecule has 0 spiro atoms. The van der Waals surface area contributed by atoms with Gasteiger partial charge in [-0.1, -0.05) is 13.0 Å². The molecule has 4 nitrogen and oxygen atoms in total. The Labute approximate surface area is 123 Å². The van der Waals surface area contributed by atoms with E-state index in [-0.39, 0.29) is 12.2 Å².